The molecule has 0 amide bonds. The van der Waals surface area contributed by atoms with Crippen LogP contribution in [0.2, 0.25) is 0 Å². The predicted molar refractivity (Wildman–Crippen MR) is 69.1 cm³/mol. The molecular weight excluding hydrogens is 251 g/mol. The molecule has 2 rings (SSSR count). The summed E-state index contributed by atoms with van der Waals surface area (Å²) < 4.78 is 38.8. The minimum atomic E-state index is -1.40. The van der Waals surface area contributed by atoms with E-state index in [1.165, 1.54) is 25.7 Å². The van der Waals surface area contributed by atoms with E-state index in [4.69, 9.17) is 0 Å². The van der Waals surface area contributed by atoms with Crippen molar-refractivity contribution < 1.29 is 13.2 Å². The Morgan fingerprint density at radius 2 is 1.63 bits per heavy atom. The van der Waals surface area contributed by atoms with Crippen LogP contribution >= 0.6 is 0 Å². The Hall–Kier alpha value is -1.03. The number of halogens is 3. The lowest BCUT2D eigenvalue weighted by atomic mass is 9.83. The van der Waals surface area contributed by atoms with Gasteiger partial charge in [0.1, 0.15) is 0 Å². The molecule has 0 radical (unpaired) electrons. The summed E-state index contributed by atoms with van der Waals surface area (Å²) in [6, 6.07) is 2.10. The predicted octanol–water partition coefficient (Wildman–Crippen LogP) is 4.02. The van der Waals surface area contributed by atoms with Crippen LogP contribution in [-0.4, -0.2) is 6.54 Å². The van der Waals surface area contributed by atoms with Crippen LogP contribution in [0.5, 0.6) is 0 Å². The minimum absolute atomic E-state index is 0.375. The Bertz CT molecular complexity index is 402. The van der Waals surface area contributed by atoms with Crippen LogP contribution in [0.4, 0.5) is 13.2 Å². The van der Waals surface area contributed by atoms with Crippen molar-refractivity contribution in [2.24, 2.45) is 11.8 Å². The zero-order valence-corrected chi connectivity index (χ0v) is 11.2. The van der Waals surface area contributed by atoms with E-state index in [-0.39, 0.29) is 0 Å². The molecule has 0 spiro atoms. The summed E-state index contributed by atoms with van der Waals surface area (Å²) in [6.45, 7) is 3.50. The van der Waals surface area contributed by atoms with Crippen LogP contribution in [0.3, 0.4) is 0 Å². The van der Waals surface area contributed by atoms with Gasteiger partial charge in [0.2, 0.25) is 0 Å². The van der Waals surface area contributed by atoms with Crippen molar-refractivity contribution in [3.05, 3.63) is 35.1 Å². The topological polar surface area (TPSA) is 12.0 Å². The fraction of sp³-hybridized carbons (Fsp3) is 0.600. The summed E-state index contributed by atoms with van der Waals surface area (Å²) in [5.41, 5.74) is 0.445. The Kier molecular flexibility index (Phi) is 4.86. The average Bonchev–Trinajstić information content (AvgIpc) is 2.38. The molecule has 0 saturated heterocycles. The van der Waals surface area contributed by atoms with Gasteiger partial charge in [-0.05, 0) is 48.9 Å². The molecule has 1 saturated carbocycles. The summed E-state index contributed by atoms with van der Waals surface area (Å²) in [7, 11) is 0. The zero-order valence-electron chi connectivity index (χ0n) is 11.2. The summed E-state index contributed by atoms with van der Waals surface area (Å²) in [4.78, 5) is 0. The molecule has 0 atom stereocenters. The van der Waals surface area contributed by atoms with Crippen LogP contribution in [0.15, 0.2) is 12.1 Å². The van der Waals surface area contributed by atoms with E-state index in [0.29, 0.717) is 18.0 Å². The molecule has 19 heavy (non-hydrogen) atoms. The third-order valence-electron chi connectivity index (χ3n) is 3.94. The van der Waals surface area contributed by atoms with Crippen molar-refractivity contribution in [2.45, 2.75) is 39.2 Å². The van der Waals surface area contributed by atoms with E-state index in [2.05, 4.69) is 12.2 Å². The zero-order chi connectivity index (χ0) is 13.8. The van der Waals surface area contributed by atoms with Crippen molar-refractivity contribution in [1.29, 1.82) is 0 Å². The monoisotopic (exact) mass is 271 g/mol. The first-order chi connectivity index (χ1) is 9.06. The number of benzene rings is 1. The summed E-state index contributed by atoms with van der Waals surface area (Å²) in [6.07, 6.45) is 4.93. The lowest BCUT2D eigenvalue weighted by Crippen LogP contribution is -2.25. The highest BCUT2D eigenvalue weighted by atomic mass is 19.2. The van der Waals surface area contributed by atoms with Gasteiger partial charge in [-0.2, -0.15) is 0 Å². The summed E-state index contributed by atoms with van der Waals surface area (Å²) >= 11 is 0. The lowest BCUT2D eigenvalue weighted by Gasteiger charge is -2.26. The molecule has 1 aromatic carbocycles. The summed E-state index contributed by atoms with van der Waals surface area (Å²) in [5, 5.41) is 3.20. The van der Waals surface area contributed by atoms with Crippen molar-refractivity contribution in [2.75, 3.05) is 6.54 Å². The van der Waals surface area contributed by atoms with E-state index >= 15 is 0 Å². The normalized spacial score (nSPS) is 23.6. The van der Waals surface area contributed by atoms with Gasteiger partial charge in [-0.1, -0.05) is 19.8 Å². The molecular formula is C15H20F3N. The van der Waals surface area contributed by atoms with Gasteiger partial charge in [0.05, 0.1) is 0 Å². The average molecular weight is 271 g/mol. The molecule has 1 aromatic rings. The highest BCUT2D eigenvalue weighted by Gasteiger charge is 2.17. The number of nitrogens with one attached hydrogen (secondary N) is 1. The highest BCUT2D eigenvalue weighted by Crippen LogP contribution is 2.27. The quantitative estimate of drug-likeness (QED) is 0.816. The van der Waals surface area contributed by atoms with E-state index in [9.17, 15) is 13.2 Å². The second-order valence-electron chi connectivity index (χ2n) is 5.63. The molecule has 0 heterocycles. The molecule has 1 nitrogen and oxygen atoms in total. The molecule has 4 heteroatoms. The molecule has 1 N–H and O–H groups in total. The van der Waals surface area contributed by atoms with Gasteiger partial charge < -0.3 is 5.32 Å². The van der Waals surface area contributed by atoms with Gasteiger partial charge >= 0.3 is 0 Å². The van der Waals surface area contributed by atoms with Crippen molar-refractivity contribution in [3.63, 3.8) is 0 Å². The van der Waals surface area contributed by atoms with Crippen molar-refractivity contribution >= 4 is 0 Å². The number of rotatable bonds is 4. The standard InChI is InChI=1S/C15H20F3N/c1-10-2-4-11(5-3-10)8-19-9-12-6-13(16)15(18)14(17)7-12/h6-7,10-11,19H,2-5,8-9H2,1H3. The van der Waals surface area contributed by atoms with Gasteiger partial charge in [-0.25, -0.2) is 13.2 Å². The fourth-order valence-electron chi connectivity index (χ4n) is 2.66. The van der Waals surface area contributed by atoms with Gasteiger partial charge in [-0.15, -0.1) is 0 Å². The molecule has 0 aliphatic heterocycles. The van der Waals surface area contributed by atoms with E-state index in [1.54, 1.807) is 0 Å². The van der Waals surface area contributed by atoms with Gasteiger partial charge in [0, 0.05) is 6.54 Å². The highest BCUT2D eigenvalue weighted by molar-refractivity contribution is 5.19. The van der Waals surface area contributed by atoms with Crippen LogP contribution in [0.1, 0.15) is 38.2 Å². The van der Waals surface area contributed by atoms with E-state index in [0.717, 1.165) is 24.6 Å². The first-order valence-corrected chi connectivity index (χ1v) is 6.90. The second-order valence-corrected chi connectivity index (χ2v) is 5.63. The molecule has 1 aliphatic carbocycles. The Labute approximate surface area is 112 Å². The molecule has 0 aromatic heterocycles. The largest absolute Gasteiger partial charge is 0.312 e. The third-order valence-corrected chi connectivity index (χ3v) is 3.94. The third kappa shape index (κ3) is 3.96. The van der Waals surface area contributed by atoms with E-state index in [1.807, 2.05) is 0 Å². The molecule has 106 valence electrons. The Morgan fingerprint density at radius 3 is 2.21 bits per heavy atom. The number of hydrogen-bond donors (Lipinski definition) is 1. The molecule has 1 aliphatic rings. The SMILES string of the molecule is CC1CCC(CNCc2cc(F)c(F)c(F)c2)CC1. The van der Waals surface area contributed by atoms with Crippen molar-refractivity contribution in [3.8, 4) is 0 Å². The fourth-order valence-corrected chi connectivity index (χ4v) is 2.66. The smallest absolute Gasteiger partial charge is 0.194 e. The van der Waals surface area contributed by atoms with E-state index < -0.39 is 17.5 Å². The first kappa shape index (κ1) is 14.4. The van der Waals surface area contributed by atoms with Crippen LogP contribution in [0.25, 0.3) is 0 Å². The Morgan fingerprint density at radius 1 is 1.05 bits per heavy atom. The van der Waals surface area contributed by atoms with Gasteiger partial charge in [0.15, 0.2) is 17.5 Å². The minimum Gasteiger partial charge on any atom is -0.312 e. The maximum absolute atomic E-state index is 13.0. The van der Waals surface area contributed by atoms with Crippen molar-refractivity contribution in [1.82, 2.24) is 5.32 Å². The maximum atomic E-state index is 13.0. The lowest BCUT2D eigenvalue weighted by molar-refractivity contribution is 0.281. The second kappa shape index (κ2) is 6.42. The molecule has 1 fully saturated rings. The first-order valence-electron chi connectivity index (χ1n) is 6.90. The Balaban J connectivity index is 1.79. The molecule has 0 bridgehead atoms. The van der Waals surface area contributed by atoms with Crippen LogP contribution in [0, 0.1) is 29.3 Å². The van der Waals surface area contributed by atoms with Gasteiger partial charge in [0.25, 0.3) is 0 Å². The maximum Gasteiger partial charge on any atom is 0.194 e. The van der Waals surface area contributed by atoms with Gasteiger partial charge in [-0.3, -0.25) is 0 Å². The molecule has 0 unspecified atom stereocenters. The summed E-state index contributed by atoms with van der Waals surface area (Å²) in [5.74, 6) is -2.18. The number of hydrogen-bond acceptors (Lipinski definition) is 1. The van der Waals surface area contributed by atoms with Crippen LogP contribution < -0.4 is 5.32 Å². The van der Waals surface area contributed by atoms with Crippen LogP contribution in [-0.2, 0) is 6.54 Å².